The van der Waals surface area contributed by atoms with Crippen LogP contribution in [0.1, 0.15) is 29.7 Å². The molecule has 0 aromatic heterocycles. The van der Waals surface area contributed by atoms with Gasteiger partial charge >= 0.3 is 0 Å². The van der Waals surface area contributed by atoms with Crippen LogP contribution in [0, 0.1) is 0 Å². The number of nitrogens with zero attached hydrogens (tertiary/aromatic N) is 1. The minimum atomic E-state index is -0.425. The van der Waals surface area contributed by atoms with Gasteiger partial charge in [-0.1, -0.05) is 12.1 Å². The van der Waals surface area contributed by atoms with Gasteiger partial charge in [-0.2, -0.15) is 0 Å². The largest absolute Gasteiger partial charge is 0.504 e. The molecule has 26 heavy (non-hydrogen) atoms. The fourth-order valence-corrected chi connectivity index (χ4v) is 3.55. The smallest absolute Gasteiger partial charge is 0.220 e. The van der Waals surface area contributed by atoms with Gasteiger partial charge in [-0.25, -0.2) is 0 Å². The first-order valence-corrected chi connectivity index (χ1v) is 8.39. The molecule has 0 aliphatic carbocycles. The van der Waals surface area contributed by atoms with Crippen molar-refractivity contribution in [3.05, 3.63) is 47.0 Å². The molecule has 6 heteroatoms. The summed E-state index contributed by atoms with van der Waals surface area (Å²) in [6.45, 7) is 2.09. The van der Waals surface area contributed by atoms with Crippen molar-refractivity contribution < 1.29 is 24.1 Å². The molecule has 138 valence electrons. The van der Waals surface area contributed by atoms with Crippen LogP contribution in [0.4, 0.5) is 0 Å². The third-order valence-electron chi connectivity index (χ3n) is 4.82. The van der Waals surface area contributed by atoms with Gasteiger partial charge in [0, 0.05) is 19.0 Å². The maximum Gasteiger partial charge on any atom is 0.220 e. The average molecular weight is 357 g/mol. The predicted molar refractivity (Wildman–Crippen MR) is 97.1 cm³/mol. The van der Waals surface area contributed by atoms with E-state index in [0.29, 0.717) is 35.8 Å². The van der Waals surface area contributed by atoms with Crippen molar-refractivity contribution in [2.24, 2.45) is 0 Å². The zero-order valence-electron chi connectivity index (χ0n) is 15.4. The third kappa shape index (κ3) is 2.92. The average Bonchev–Trinajstić information content (AvgIpc) is 2.66. The number of fused-ring (bicyclic) bond motifs is 1. The van der Waals surface area contributed by atoms with Crippen LogP contribution < -0.4 is 14.2 Å². The molecular weight excluding hydrogens is 334 g/mol. The number of para-hydroxylation sites is 1. The number of rotatable bonds is 4. The monoisotopic (exact) mass is 357 g/mol. The van der Waals surface area contributed by atoms with Crippen molar-refractivity contribution in [2.75, 3.05) is 27.9 Å². The van der Waals surface area contributed by atoms with E-state index in [9.17, 15) is 9.90 Å². The molecule has 1 aliphatic rings. The Balaban J connectivity index is 2.23. The van der Waals surface area contributed by atoms with Gasteiger partial charge in [-0.3, -0.25) is 4.79 Å². The molecule has 2 aromatic rings. The standard InChI is InChI=1S/C20H23NO5/c1-12(22)21-9-8-13-10-17(25-3)18(26-4)11-15(13)19(21)14-6-5-7-16(24-2)20(14)23/h5-7,10-11,19,23H,8-9H2,1-4H3/t19-/m1/s1. The Morgan fingerprint density at radius 2 is 1.69 bits per heavy atom. The number of carbonyl (C=O) groups excluding carboxylic acids is 1. The highest BCUT2D eigenvalue weighted by atomic mass is 16.5. The first-order chi connectivity index (χ1) is 12.5. The maximum atomic E-state index is 12.3. The number of hydrogen-bond acceptors (Lipinski definition) is 5. The lowest BCUT2D eigenvalue weighted by Crippen LogP contribution is -2.39. The van der Waals surface area contributed by atoms with E-state index in [1.54, 1.807) is 31.3 Å². The second kappa shape index (κ2) is 7.15. The third-order valence-corrected chi connectivity index (χ3v) is 4.82. The minimum Gasteiger partial charge on any atom is -0.504 e. The van der Waals surface area contributed by atoms with E-state index in [0.717, 1.165) is 11.1 Å². The molecule has 1 aliphatic heterocycles. The Bertz CT molecular complexity index is 833. The lowest BCUT2D eigenvalue weighted by molar-refractivity contribution is -0.130. The van der Waals surface area contributed by atoms with Crippen LogP contribution in [0.2, 0.25) is 0 Å². The summed E-state index contributed by atoms with van der Waals surface area (Å²) in [5.74, 6) is 1.59. The zero-order chi connectivity index (χ0) is 18.8. The fourth-order valence-electron chi connectivity index (χ4n) is 3.55. The Morgan fingerprint density at radius 3 is 2.31 bits per heavy atom. The normalized spacial score (nSPS) is 16.0. The van der Waals surface area contributed by atoms with Gasteiger partial charge < -0.3 is 24.2 Å². The van der Waals surface area contributed by atoms with Gasteiger partial charge in [-0.15, -0.1) is 0 Å². The molecule has 1 amide bonds. The van der Waals surface area contributed by atoms with Gasteiger partial charge in [-0.05, 0) is 35.7 Å². The number of carbonyl (C=O) groups is 1. The van der Waals surface area contributed by atoms with Crippen LogP contribution in [0.3, 0.4) is 0 Å². The first kappa shape index (κ1) is 17.9. The summed E-state index contributed by atoms with van der Waals surface area (Å²) in [6, 6.07) is 8.70. The molecule has 1 N–H and O–H groups in total. The van der Waals surface area contributed by atoms with Crippen molar-refractivity contribution in [3.8, 4) is 23.0 Å². The van der Waals surface area contributed by atoms with E-state index >= 15 is 0 Å². The highest BCUT2D eigenvalue weighted by Gasteiger charge is 2.34. The van der Waals surface area contributed by atoms with Gasteiger partial charge in [0.05, 0.1) is 27.4 Å². The van der Waals surface area contributed by atoms with Crippen LogP contribution in [0.25, 0.3) is 0 Å². The Labute approximate surface area is 152 Å². The molecule has 3 rings (SSSR count). The Hall–Kier alpha value is -2.89. The molecular formula is C20H23NO5. The molecule has 2 aromatic carbocycles. The Kier molecular flexibility index (Phi) is 4.93. The van der Waals surface area contributed by atoms with Crippen molar-refractivity contribution >= 4 is 5.91 Å². The second-order valence-corrected chi connectivity index (χ2v) is 6.17. The summed E-state index contributed by atoms with van der Waals surface area (Å²) in [6.07, 6.45) is 0.705. The number of ether oxygens (including phenoxy) is 3. The van der Waals surface area contributed by atoms with Crippen LogP contribution in [-0.4, -0.2) is 43.8 Å². The van der Waals surface area contributed by atoms with Gasteiger partial charge in [0.15, 0.2) is 23.0 Å². The van der Waals surface area contributed by atoms with E-state index in [4.69, 9.17) is 14.2 Å². The minimum absolute atomic E-state index is 0.0360. The molecule has 0 saturated carbocycles. The summed E-state index contributed by atoms with van der Waals surface area (Å²) < 4.78 is 16.1. The molecule has 0 radical (unpaired) electrons. The van der Waals surface area contributed by atoms with Crippen molar-refractivity contribution in [3.63, 3.8) is 0 Å². The van der Waals surface area contributed by atoms with E-state index in [1.807, 2.05) is 18.2 Å². The number of phenols is 1. The molecule has 1 heterocycles. The molecule has 0 bridgehead atoms. The molecule has 0 spiro atoms. The van der Waals surface area contributed by atoms with Crippen molar-refractivity contribution in [1.82, 2.24) is 4.90 Å². The maximum absolute atomic E-state index is 12.3. The van der Waals surface area contributed by atoms with Crippen LogP contribution in [-0.2, 0) is 11.2 Å². The topological polar surface area (TPSA) is 68.2 Å². The van der Waals surface area contributed by atoms with Crippen LogP contribution in [0.15, 0.2) is 30.3 Å². The molecule has 0 unspecified atom stereocenters. The van der Waals surface area contributed by atoms with Gasteiger partial charge in [0.1, 0.15) is 0 Å². The summed E-state index contributed by atoms with van der Waals surface area (Å²) in [5.41, 5.74) is 2.59. The number of methoxy groups -OCH3 is 3. The number of amides is 1. The van der Waals surface area contributed by atoms with Crippen molar-refractivity contribution in [1.29, 1.82) is 0 Å². The highest BCUT2D eigenvalue weighted by Crippen LogP contribution is 2.45. The molecule has 0 saturated heterocycles. The summed E-state index contributed by atoms with van der Waals surface area (Å²) >= 11 is 0. The number of aromatic hydroxyl groups is 1. The summed E-state index contributed by atoms with van der Waals surface area (Å²) in [7, 11) is 4.68. The molecule has 1 atom stereocenters. The molecule has 0 fully saturated rings. The van der Waals surface area contributed by atoms with Gasteiger partial charge in [0.2, 0.25) is 5.91 Å². The van der Waals surface area contributed by atoms with E-state index in [-0.39, 0.29) is 11.7 Å². The van der Waals surface area contributed by atoms with E-state index in [1.165, 1.54) is 14.0 Å². The van der Waals surface area contributed by atoms with Crippen LogP contribution >= 0.6 is 0 Å². The summed E-state index contributed by atoms with van der Waals surface area (Å²) in [5, 5.41) is 10.7. The molecule has 6 nitrogen and oxygen atoms in total. The number of hydrogen-bond donors (Lipinski definition) is 1. The first-order valence-electron chi connectivity index (χ1n) is 8.39. The Morgan fingerprint density at radius 1 is 1.04 bits per heavy atom. The second-order valence-electron chi connectivity index (χ2n) is 6.17. The van der Waals surface area contributed by atoms with Gasteiger partial charge in [0.25, 0.3) is 0 Å². The number of phenolic OH excluding ortho intramolecular Hbond substituents is 1. The van der Waals surface area contributed by atoms with Crippen molar-refractivity contribution in [2.45, 2.75) is 19.4 Å². The fraction of sp³-hybridized carbons (Fsp3) is 0.350. The lowest BCUT2D eigenvalue weighted by Gasteiger charge is -2.38. The SMILES string of the molecule is COc1cc2c(cc1OC)[C@@H](c1cccc(OC)c1O)N(C(C)=O)CC2. The van der Waals surface area contributed by atoms with E-state index in [2.05, 4.69) is 0 Å². The number of benzene rings is 2. The van der Waals surface area contributed by atoms with Crippen LogP contribution in [0.5, 0.6) is 23.0 Å². The van der Waals surface area contributed by atoms with E-state index < -0.39 is 6.04 Å². The quantitative estimate of drug-likeness (QED) is 0.911. The predicted octanol–water partition coefficient (Wildman–Crippen LogP) is 2.91. The zero-order valence-corrected chi connectivity index (χ0v) is 15.4. The lowest BCUT2D eigenvalue weighted by atomic mass is 9.87. The highest BCUT2D eigenvalue weighted by molar-refractivity contribution is 5.76. The summed E-state index contributed by atoms with van der Waals surface area (Å²) in [4.78, 5) is 14.0.